The lowest BCUT2D eigenvalue weighted by Gasteiger charge is -2.38. The molecule has 2 aromatic rings. The lowest BCUT2D eigenvalue weighted by atomic mass is 10.0. The van der Waals surface area contributed by atoms with Crippen molar-refractivity contribution in [2.45, 2.75) is 25.4 Å². The van der Waals surface area contributed by atoms with Crippen LogP contribution in [0.3, 0.4) is 0 Å². The maximum absolute atomic E-state index is 12.5. The molecule has 7 nitrogen and oxygen atoms in total. The molecule has 0 aliphatic carbocycles. The van der Waals surface area contributed by atoms with E-state index in [1.54, 1.807) is 7.11 Å². The number of carbonyl (C=O) groups excluding carboxylic acids is 1. The van der Waals surface area contributed by atoms with Gasteiger partial charge in [-0.1, -0.05) is 12.1 Å². The van der Waals surface area contributed by atoms with Crippen molar-refractivity contribution in [3.05, 3.63) is 59.7 Å². The van der Waals surface area contributed by atoms with Gasteiger partial charge in [0.2, 0.25) is 0 Å². The first-order valence-electron chi connectivity index (χ1n) is 12.4. The molecule has 0 atom stereocenters. The molecule has 0 aromatic heterocycles. The van der Waals surface area contributed by atoms with Crippen LogP contribution in [-0.2, 0) is 11.3 Å². The zero-order valence-electron chi connectivity index (χ0n) is 20.5. The summed E-state index contributed by atoms with van der Waals surface area (Å²) in [5.41, 5.74) is 3.19. The number of amides is 1. The number of piperidine rings is 1. The van der Waals surface area contributed by atoms with Crippen molar-refractivity contribution in [3.8, 4) is 5.75 Å². The van der Waals surface area contributed by atoms with Crippen LogP contribution in [0.1, 0.15) is 28.8 Å². The van der Waals surface area contributed by atoms with Crippen LogP contribution in [0, 0.1) is 0 Å². The van der Waals surface area contributed by atoms with Crippen molar-refractivity contribution in [3.63, 3.8) is 0 Å². The SMILES string of the molecule is COc1cccc(CN(C)C2CCN(c3ccc(C(=O)NCCN4CCOCC4)cc3)CC2)c1. The van der Waals surface area contributed by atoms with Crippen molar-refractivity contribution in [1.82, 2.24) is 15.1 Å². The first kappa shape index (κ1) is 24.5. The smallest absolute Gasteiger partial charge is 0.251 e. The van der Waals surface area contributed by atoms with Crippen LogP contribution >= 0.6 is 0 Å². The van der Waals surface area contributed by atoms with E-state index in [0.717, 1.165) is 76.6 Å². The highest BCUT2D eigenvalue weighted by atomic mass is 16.5. The number of nitrogens with zero attached hydrogens (tertiary/aromatic N) is 3. The lowest BCUT2D eigenvalue weighted by molar-refractivity contribution is 0.0383. The van der Waals surface area contributed by atoms with E-state index in [-0.39, 0.29) is 5.91 Å². The molecule has 2 heterocycles. The van der Waals surface area contributed by atoms with E-state index < -0.39 is 0 Å². The number of benzene rings is 2. The molecule has 2 fully saturated rings. The van der Waals surface area contributed by atoms with Gasteiger partial charge in [-0.3, -0.25) is 14.6 Å². The first-order valence-corrected chi connectivity index (χ1v) is 12.4. The quantitative estimate of drug-likeness (QED) is 0.613. The van der Waals surface area contributed by atoms with E-state index in [9.17, 15) is 4.79 Å². The Morgan fingerprint density at radius 2 is 1.82 bits per heavy atom. The molecule has 0 radical (unpaired) electrons. The average Bonchev–Trinajstić information content (AvgIpc) is 2.89. The first-order chi connectivity index (χ1) is 16.6. The van der Waals surface area contributed by atoms with Gasteiger partial charge in [-0.15, -0.1) is 0 Å². The molecule has 2 aromatic carbocycles. The molecule has 7 heteroatoms. The Hall–Kier alpha value is -2.61. The summed E-state index contributed by atoms with van der Waals surface area (Å²) < 4.78 is 10.7. The molecule has 184 valence electrons. The Bertz CT molecular complexity index is 906. The Balaban J connectivity index is 1.21. The van der Waals surface area contributed by atoms with Crippen LogP contribution in [0.25, 0.3) is 0 Å². The van der Waals surface area contributed by atoms with Gasteiger partial charge in [0.25, 0.3) is 5.91 Å². The van der Waals surface area contributed by atoms with Crippen molar-refractivity contribution in [1.29, 1.82) is 0 Å². The van der Waals surface area contributed by atoms with Gasteiger partial charge in [-0.05, 0) is 61.9 Å². The van der Waals surface area contributed by atoms with E-state index in [0.29, 0.717) is 12.6 Å². The zero-order chi connectivity index (χ0) is 23.8. The summed E-state index contributed by atoms with van der Waals surface area (Å²) >= 11 is 0. The third kappa shape index (κ3) is 6.72. The van der Waals surface area contributed by atoms with E-state index in [1.165, 1.54) is 11.3 Å². The van der Waals surface area contributed by atoms with Gasteiger partial charge in [0.1, 0.15) is 5.75 Å². The van der Waals surface area contributed by atoms with Crippen LogP contribution in [0.15, 0.2) is 48.5 Å². The molecule has 0 saturated carbocycles. The molecule has 1 N–H and O–H groups in total. The van der Waals surface area contributed by atoms with Crippen molar-refractivity contribution < 1.29 is 14.3 Å². The third-order valence-electron chi connectivity index (χ3n) is 6.97. The minimum Gasteiger partial charge on any atom is -0.497 e. The standard InChI is InChI=1S/C27H38N4O3/c1-29(21-22-4-3-5-26(20-22)33-2)24-10-13-31(14-11-24)25-8-6-23(7-9-25)27(32)28-12-15-30-16-18-34-19-17-30/h3-9,20,24H,10-19,21H2,1-2H3,(H,28,32). The van der Waals surface area contributed by atoms with Gasteiger partial charge in [-0.25, -0.2) is 0 Å². The number of anilines is 1. The molecule has 1 amide bonds. The second-order valence-corrected chi connectivity index (χ2v) is 9.24. The van der Waals surface area contributed by atoms with Crippen molar-refractivity contribution in [2.24, 2.45) is 0 Å². The average molecular weight is 467 g/mol. The van der Waals surface area contributed by atoms with Gasteiger partial charge in [0, 0.05) is 63.1 Å². The second kappa shape index (κ2) is 12.2. The van der Waals surface area contributed by atoms with E-state index >= 15 is 0 Å². The Morgan fingerprint density at radius 3 is 2.53 bits per heavy atom. The van der Waals surface area contributed by atoms with Gasteiger partial charge >= 0.3 is 0 Å². The van der Waals surface area contributed by atoms with Crippen LogP contribution < -0.4 is 15.0 Å². The fourth-order valence-corrected chi connectivity index (χ4v) is 4.83. The van der Waals surface area contributed by atoms with Gasteiger partial charge in [-0.2, -0.15) is 0 Å². The monoisotopic (exact) mass is 466 g/mol. The summed E-state index contributed by atoms with van der Waals surface area (Å²) in [5, 5.41) is 3.04. The minimum absolute atomic E-state index is 0.00214. The lowest BCUT2D eigenvalue weighted by Crippen LogP contribution is -2.43. The number of rotatable bonds is 9. The molecule has 2 aliphatic heterocycles. The number of nitrogens with one attached hydrogen (secondary N) is 1. The molecule has 0 spiro atoms. The summed E-state index contributed by atoms with van der Waals surface area (Å²) in [4.78, 5) is 19.7. The molecule has 0 unspecified atom stereocenters. The Morgan fingerprint density at radius 1 is 1.09 bits per heavy atom. The van der Waals surface area contributed by atoms with E-state index in [2.05, 4.69) is 57.4 Å². The highest BCUT2D eigenvalue weighted by Crippen LogP contribution is 2.24. The van der Waals surface area contributed by atoms with Gasteiger partial charge < -0.3 is 19.7 Å². The van der Waals surface area contributed by atoms with Gasteiger partial charge in [0.05, 0.1) is 20.3 Å². The topological polar surface area (TPSA) is 57.3 Å². The van der Waals surface area contributed by atoms with Gasteiger partial charge in [0.15, 0.2) is 0 Å². The predicted molar refractivity (Wildman–Crippen MR) is 136 cm³/mol. The van der Waals surface area contributed by atoms with Crippen molar-refractivity contribution in [2.75, 3.05) is 71.5 Å². The normalized spacial score (nSPS) is 17.7. The Kier molecular flexibility index (Phi) is 8.79. The Labute approximate surface area is 203 Å². The highest BCUT2D eigenvalue weighted by molar-refractivity contribution is 5.94. The van der Waals surface area contributed by atoms with E-state index in [4.69, 9.17) is 9.47 Å². The summed E-state index contributed by atoms with van der Waals surface area (Å²) in [5.74, 6) is 0.910. The number of methoxy groups -OCH3 is 1. The molecule has 34 heavy (non-hydrogen) atoms. The maximum Gasteiger partial charge on any atom is 0.251 e. The number of morpholine rings is 1. The van der Waals surface area contributed by atoms with Crippen LogP contribution in [0.2, 0.25) is 0 Å². The number of carbonyl (C=O) groups is 1. The second-order valence-electron chi connectivity index (χ2n) is 9.24. The van der Waals surface area contributed by atoms with Crippen molar-refractivity contribution >= 4 is 11.6 Å². The molecule has 2 saturated heterocycles. The fourth-order valence-electron chi connectivity index (χ4n) is 4.83. The molecular weight excluding hydrogens is 428 g/mol. The molecule has 0 bridgehead atoms. The third-order valence-corrected chi connectivity index (χ3v) is 6.97. The number of ether oxygens (including phenoxy) is 2. The highest BCUT2D eigenvalue weighted by Gasteiger charge is 2.23. The maximum atomic E-state index is 12.5. The summed E-state index contributed by atoms with van der Waals surface area (Å²) in [6.45, 7) is 7.96. The summed E-state index contributed by atoms with van der Waals surface area (Å²) in [6.07, 6.45) is 2.26. The zero-order valence-corrected chi connectivity index (χ0v) is 20.5. The molecule has 2 aliphatic rings. The summed E-state index contributed by atoms with van der Waals surface area (Å²) in [7, 11) is 3.93. The number of hydrogen-bond acceptors (Lipinski definition) is 6. The number of hydrogen-bond donors (Lipinski definition) is 1. The van der Waals surface area contributed by atoms with Crippen LogP contribution in [-0.4, -0.2) is 88.4 Å². The minimum atomic E-state index is -0.00214. The molecular formula is C27H38N4O3. The largest absolute Gasteiger partial charge is 0.497 e. The predicted octanol–water partition coefficient (Wildman–Crippen LogP) is 2.86. The molecule has 4 rings (SSSR count). The summed E-state index contributed by atoms with van der Waals surface area (Å²) in [6, 6.07) is 16.9. The van der Waals surface area contributed by atoms with Crippen LogP contribution in [0.4, 0.5) is 5.69 Å². The van der Waals surface area contributed by atoms with Crippen LogP contribution in [0.5, 0.6) is 5.75 Å². The fraction of sp³-hybridized carbons (Fsp3) is 0.519. The van der Waals surface area contributed by atoms with E-state index in [1.807, 2.05) is 18.2 Å².